The fourth-order valence-electron chi connectivity index (χ4n) is 5.06. The second-order valence-electron chi connectivity index (χ2n) is 8.77. The van der Waals surface area contributed by atoms with E-state index in [1.807, 2.05) is 14.0 Å². The highest BCUT2D eigenvalue weighted by Gasteiger charge is 2.48. The number of hydrogen-bond acceptors (Lipinski definition) is 3. The Balaban J connectivity index is 0.00000280. The van der Waals surface area contributed by atoms with Gasteiger partial charge in [-0.3, -0.25) is 15.1 Å². The number of guanidine groups is 1. The Kier molecular flexibility index (Phi) is 8.39. The van der Waals surface area contributed by atoms with Crippen LogP contribution in [0.5, 0.6) is 0 Å². The van der Waals surface area contributed by atoms with Gasteiger partial charge in [-0.25, -0.2) is 4.79 Å². The average molecular weight is 505 g/mol. The summed E-state index contributed by atoms with van der Waals surface area (Å²) >= 11 is 0. The summed E-state index contributed by atoms with van der Waals surface area (Å²) in [6.45, 7) is 6.88. The van der Waals surface area contributed by atoms with E-state index < -0.39 is 5.54 Å². The third kappa shape index (κ3) is 5.30. The first-order valence-electron chi connectivity index (χ1n) is 10.5. The number of likely N-dealkylation sites (tertiary alicyclic amines) is 1. The third-order valence-electron chi connectivity index (χ3n) is 6.78. The van der Waals surface area contributed by atoms with Crippen molar-refractivity contribution in [2.45, 2.75) is 64.3 Å². The van der Waals surface area contributed by atoms with Crippen LogP contribution in [0.25, 0.3) is 0 Å². The maximum Gasteiger partial charge on any atom is 0.322 e. The normalized spacial score (nSPS) is 31.8. The molecule has 0 bridgehead atoms. The van der Waals surface area contributed by atoms with Gasteiger partial charge in [0, 0.05) is 26.7 Å². The van der Waals surface area contributed by atoms with Crippen molar-refractivity contribution in [1.82, 2.24) is 20.9 Å². The lowest BCUT2D eigenvalue weighted by atomic mass is 9.79. The monoisotopic (exact) mass is 505 g/mol. The Morgan fingerprint density at radius 3 is 2.54 bits per heavy atom. The molecule has 3 fully saturated rings. The van der Waals surface area contributed by atoms with Crippen molar-refractivity contribution >= 4 is 41.9 Å². The second-order valence-corrected chi connectivity index (χ2v) is 8.77. The molecule has 2 aliphatic heterocycles. The van der Waals surface area contributed by atoms with Gasteiger partial charge in [-0.2, -0.15) is 0 Å². The molecule has 1 aliphatic carbocycles. The Bertz CT molecular complexity index is 591. The molecule has 7 nitrogen and oxygen atoms in total. The van der Waals surface area contributed by atoms with Gasteiger partial charge < -0.3 is 15.5 Å². The Morgan fingerprint density at radius 1 is 1.25 bits per heavy atom. The van der Waals surface area contributed by atoms with Gasteiger partial charge in [-0.15, -0.1) is 24.0 Å². The molecule has 3 rings (SSSR count). The molecule has 0 aromatic heterocycles. The number of halogens is 1. The van der Waals surface area contributed by atoms with Crippen LogP contribution in [-0.4, -0.2) is 55.0 Å². The molecule has 0 radical (unpaired) electrons. The van der Waals surface area contributed by atoms with E-state index in [1.54, 1.807) is 0 Å². The average Bonchev–Trinajstić information content (AvgIpc) is 2.92. The van der Waals surface area contributed by atoms with Crippen molar-refractivity contribution in [3.63, 3.8) is 0 Å². The largest absolute Gasteiger partial charge is 0.356 e. The van der Waals surface area contributed by atoms with Crippen LogP contribution in [0.15, 0.2) is 4.99 Å². The molecule has 1 saturated carbocycles. The molecule has 3 N–H and O–H groups in total. The summed E-state index contributed by atoms with van der Waals surface area (Å²) in [5, 5.41) is 8.73. The Hall–Kier alpha value is -1.06. The van der Waals surface area contributed by atoms with E-state index in [2.05, 4.69) is 32.8 Å². The van der Waals surface area contributed by atoms with Gasteiger partial charge in [-0.05, 0) is 50.4 Å². The summed E-state index contributed by atoms with van der Waals surface area (Å²) in [4.78, 5) is 30.4. The molecule has 160 valence electrons. The maximum atomic E-state index is 12.1. The molecule has 0 spiro atoms. The van der Waals surface area contributed by atoms with E-state index in [0.717, 1.165) is 50.3 Å². The zero-order chi connectivity index (χ0) is 19.4. The number of aliphatic imine (C=N–C) groups is 1. The minimum atomic E-state index is -0.780. The molecule has 2 heterocycles. The number of amides is 3. The number of imide groups is 1. The standard InChI is InChI=1S/C20H35N5O2.HI/c1-14-5-4-6-15(13-14)7-10-22-18(21-3)25-11-8-16(9-12-25)20(2)17(26)23-19(27)24-20;/h14-16H,4-13H2,1-3H3,(H,21,22)(H2,23,24,26,27);1H. The van der Waals surface area contributed by atoms with Gasteiger partial charge >= 0.3 is 6.03 Å². The predicted octanol–water partition coefficient (Wildman–Crippen LogP) is 2.71. The fourth-order valence-corrected chi connectivity index (χ4v) is 5.06. The summed E-state index contributed by atoms with van der Waals surface area (Å²) in [6.07, 6.45) is 8.43. The van der Waals surface area contributed by atoms with Crippen molar-refractivity contribution in [2.75, 3.05) is 26.7 Å². The minimum absolute atomic E-state index is 0. The zero-order valence-corrected chi connectivity index (χ0v) is 19.8. The molecule has 0 aromatic rings. The molecule has 28 heavy (non-hydrogen) atoms. The number of nitrogens with one attached hydrogen (secondary N) is 3. The Morgan fingerprint density at radius 2 is 1.96 bits per heavy atom. The van der Waals surface area contributed by atoms with E-state index in [-0.39, 0.29) is 41.8 Å². The van der Waals surface area contributed by atoms with Crippen LogP contribution in [0.4, 0.5) is 4.79 Å². The Labute approximate surface area is 185 Å². The van der Waals surface area contributed by atoms with Gasteiger partial charge in [-0.1, -0.05) is 26.2 Å². The van der Waals surface area contributed by atoms with E-state index in [0.29, 0.717) is 0 Å². The van der Waals surface area contributed by atoms with E-state index in [4.69, 9.17) is 0 Å². The van der Waals surface area contributed by atoms with E-state index in [1.165, 1.54) is 32.1 Å². The number of carbonyl (C=O) groups is 2. The summed E-state index contributed by atoms with van der Waals surface area (Å²) in [7, 11) is 1.84. The van der Waals surface area contributed by atoms with Crippen LogP contribution in [-0.2, 0) is 4.79 Å². The lowest BCUT2D eigenvalue weighted by Crippen LogP contribution is -2.55. The van der Waals surface area contributed by atoms with Gasteiger partial charge in [0.2, 0.25) is 0 Å². The zero-order valence-electron chi connectivity index (χ0n) is 17.4. The molecular formula is C20H36IN5O2. The highest BCUT2D eigenvalue weighted by Crippen LogP contribution is 2.31. The number of piperidine rings is 1. The fraction of sp³-hybridized carbons (Fsp3) is 0.850. The summed E-state index contributed by atoms with van der Waals surface area (Å²) in [6, 6.07) is -0.376. The lowest BCUT2D eigenvalue weighted by Gasteiger charge is -2.39. The first kappa shape index (κ1) is 23.2. The van der Waals surface area contributed by atoms with Crippen LogP contribution in [0, 0.1) is 17.8 Å². The molecule has 3 aliphatic rings. The van der Waals surface area contributed by atoms with Crippen molar-refractivity contribution in [3.8, 4) is 0 Å². The summed E-state index contributed by atoms with van der Waals surface area (Å²) < 4.78 is 0. The van der Waals surface area contributed by atoms with Crippen molar-refractivity contribution in [1.29, 1.82) is 0 Å². The van der Waals surface area contributed by atoms with E-state index >= 15 is 0 Å². The number of urea groups is 1. The van der Waals surface area contributed by atoms with Crippen LogP contribution in [0.3, 0.4) is 0 Å². The van der Waals surface area contributed by atoms with Gasteiger partial charge in [0.15, 0.2) is 5.96 Å². The van der Waals surface area contributed by atoms with Gasteiger partial charge in [0.25, 0.3) is 5.91 Å². The number of nitrogens with zero attached hydrogens (tertiary/aromatic N) is 2. The van der Waals surface area contributed by atoms with Crippen LogP contribution >= 0.6 is 24.0 Å². The number of rotatable bonds is 4. The minimum Gasteiger partial charge on any atom is -0.356 e. The molecule has 2 saturated heterocycles. The van der Waals surface area contributed by atoms with Gasteiger partial charge in [0.05, 0.1) is 0 Å². The summed E-state index contributed by atoms with van der Waals surface area (Å²) in [5.41, 5.74) is -0.780. The predicted molar refractivity (Wildman–Crippen MR) is 122 cm³/mol. The van der Waals surface area contributed by atoms with Crippen LogP contribution in [0.1, 0.15) is 58.8 Å². The lowest BCUT2D eigenvalue weighted by molar-refractivity contribution is -0.125. The van der Waals surface area contributed by atoms with Crippen molar-refractivity contribution in [3.05, 3.63) is 0 Å². The quantitative estimate of drug-likeness (QED) is 0.238. The molecule has 0 aromatic carbocycles. The highest BCUT2D eigenvalue weighted by atomic mass is 127. The third-order valence-corrected chi connectivity index (χ3v) is 6.78. The van der Waals surface area contributed by atoms with Crippen LogP contribution < -0.4 is 16.0 Å². The molecule has 3 amide bonds. The highest BCUT2D eigenvalue weighted by molar-refractivity contribution is 14.0. The second kappa shape index (κ2) is 10.1. The van der Waals surface area contributed by atoms with Crippen molar-refractivity contribution < 1.29 is 9.59 Å². The molecule has 3 atom stereocenters. The maximum absolute atomic E-state index is 12.1. The first-order valence-corrected chi connectivity index (χ1v) is 10.5. The smallest absolute Gasteiger partial charge is 0.322 e. The summed E-state index contributed by atoms with van der Waals surface area (Å²) in [5.74, 6) is 2.63. The first-order chi connectivity index (χ1) is 12.9. The van der Waals surface area contributed by atoms with E-state index in [9.17, 15) is 9.59 Å². The number of hydrogen-bond donors (Lipinski definition) is 3. The van der Waals surface area contributed by atoms with Gasteiger partial charge in [0.1, 0.15) is 5.54 Å². The SMILES string of the molecule is CN=C(NCCC1CCCC(C)C1)N1CCC(C2(C)NC(=O)NC2=O)CC1.I. The molecule has 8 heteroatoms. The topological polar surface area (TPSA) is 85.8 Å². The molecular weight excluding hydrogens is 469 g/mol. The van der Waals surface area contributed by atoms with Crippen LogP contribution in [0.2, 0.25) is 0 Å². The van der Waals surface area contributed by atoms with Crippen molar-refractivity contribution in [2.24, 2.45) is 22.7 Å². The molecule has 3 unspecified atom stereocenters. The number of carbonyl (C=O) groups excluding carboxylic acids is 2.